The number of carbonyl (C=O) groups is 1. The summed E-state index contributed by atoms with van der Waals surface area (Å²) in [5.74, 6) is -1.24. The van der Waals surface area contributed by atoms with Crippen molar-refractivity contribution in [2.24, 2.45) is 0 Å². The SMILES string of the molecule is CS(C)(CCNC(=O)c1ccc(-c2cccc(C(F)(F)F)c2)o1)OS(=O)(=O)C(F)(F)F. The molecule has 1 heterocycles. The zero-order valence-electron chi connectivity index (χ0n) is 16.0. The Morgan fingerprint density at radius 2 is 1.71 bits per heavy atom. The highest BCUT2D eigenvalue weighted by atomic mass is 32.3. The summed E-state index contributed by atoms with van der Waals surface area (Å²) in [6, 6.07) is 6.78. The second-order valence-electron chi connectivity index (χ2n) is 6.61. The lowest BCUT2D eigenvalue weighted by Crippen LogP contribution is -2.31. The second kappa shape index (κ2) is 8.74. The summed E-state index contributed by atoms with van der Waals surface area (Å²) in [7, 11) is -8.49. The molecule has 0 saturated carbocycles. The molecule has 2 aromatic rings. The van der Waals surface area contributed by atoms with E-state index in [-0.39, 0.29) is 29.4 Å². The van der Waals surface area contributed by atoms with E-state index in [2.05, 4.69) is 8.95 Å². The molecule has 0 radical (unpaired) electrons. The summed E-state index contributed by atoms with van der Waals surface area (Å²) >= 11 is 0. The maximum Gasteiger partial charge on any atom is 0.523 e. The monoisotopic (exact) mass is 493 g/mol. The van der Waals surface area contributed by atoms with Crippen LogP contribution >= 0.6 is 10.3 Å². The van der Waals surface area contributed by atoms with Crippen LogP contribution in [-0.4, -0.2) is 44.6 Å². The molecule has 0 aliphatic rings. The predicted octanol–water partition coefficient (Wildman–Crippen LogP) is 4.54. The largest absolute Gasteiger partial charge is 0.523 e. The first-order chi connectivity index (χ1) is 14.0. The Hall–Kier alpha value is -2.19. The zero-order chi connectivity index (χ0) is 23.7. The molecule has 14 heteroatoms. The maximum atomic E-state index is 12.8. The fourth-order valence-corrected chi connectivity index (χ4v) is 5.39. The first-order valence-corrected chi connectivity index (χ1v) is 12.3. The lowest BCUT2D eigenvalue weighted by molar-refractivity contribution is -0.137. The van der Waals surface area contributed by atoms with Crippen molar-refractivity contribution in [2.45, 2.75) is 11.7 Å². The van der Waals surface area contributed by atoms with Crippen molar-refractivity contribution >= 4 is 26.3 Å². The molecule has 0 bridgehead atoms. The molecule has 0 fully saturated rings. The van der Waals surface area contributed by atoms with Crippen molar-refractivity contribution < 1.29 is 47.6 Å². The fraction of sp³-hybridized carbons (Fsp3) is 0.353. The van der Waals surface area contributed by atoms with Crippen molar-refractivity contribution in [3.63, 3.8) is 0 Å². The maximum absolute atomic E-state index is 12.8. The van der Waals surface area contributed by atoms with E-state index in [1.54, 1.807) is 0 Å². The third-order valence-corrected chi connectivity index (χ3v) is 7.69. The smallest absolute Gasteiger partial charge is 0.451 e. The summed E-state index contributed by atoms with van der Waals surface area (Å²) < 4.78 is 107. The van der Waals surface area contributed by atoms with Crippen LogP contribution in [0.4, 0.5) is 26.3 Å². The molecule has 0 saturated heterocycles. The Kier molecular flexibility index (Phi) is 7.07. The highest BCUT2D eigenvalue weighted by Crippen LogP contribution is 2.45. The number of benzene rings is 1. The lowest BCUT2D eigenvalue weighted by atomic mass is 10.1. The third-order valence-electron chi connectivity index (χ3n) is 3.74. The van der Waals surface area contributed by atoms with E-state index in [1.165, 1.54) is 36.8 Å². The van der Waals surface area contributed by atoms with Crippen molar-refractivity contribution in [1.29, 1.82) is 0 Å². The minimum atomic E-state index is -5.77. The first kappa shape index (κ1) is 25.1. The van der Waals surface area contributed by atoms with Gasteiger partial charge in [-0.25, -0.2) is 3.63 Å². The van der Waals surface area contributed by atoms with E-state index in [0.717, 1.165) is 12.1 Å². The van der Waals surface area contributed by atoms with Gasteiger partial charge in [0.1, 0.15) is 5.76 Å². The van der Waals surface area contributed by atoms with Gasteiger partial charge in [-0.1, -0.05) is 12.1 Å². The van der Waals surface area contributed by atoms with Crippen LogP contribution < -0.4 is 5.32 Å². The molecule has 0 atom stereocenters. The molecule has 2 rings (SSSR count). The molecular formula is C17H17F6NO5S2. The van der Waals surface area contributed by atoms with Gasteiger partial charge in [-0.05, 0) is 36.8 Å². The molecule has 1 N–H and O–H groups in total. The summed E-state index contributed by atoms with van der Waals surface area (Å²) in [5.41, 5.74) is -6.37. The van der Waals surface area contributed by atoms with Gasteiger partial charge in [-0.3, -0.25) is 4.79 Å². The molecule has 31 heavy (non-hydrogen) atoms. The summed E-state index contributed by atoms with van der Waals surface area (Å²) in [5, 5.41) is 2.33. The Morgan fingerprint density at radius 3 is 2.29 bits per heavy atom. The minimum Gasteiger partial charge on any atom is -0.451 e. The number of amides is 1. The fourth-order valence-electron chi connectivity index (χ4n) is 2.28. The summed E-state index contributed by atoms with van der Waals surface area (Å²) in [6.45, 7) is -0.228. The molecule has 0 aliphatic carbocycles. The van der Waals surface area contributed by atoms with E-state index in [4.69, 9.17) is 4.42 Å². The highest BCUT2D eigenvalue weighted by Gasteiger charge is 2.49. The average Bonchev–Trinajstić information content (AvgIpc) is 3.09. The van der Waals surface area contributed by atoms with E-state index >= 15 is 0 Å². The number of carbonyl (C=O) groups excluding carboxylic acids is 1. The Bertz CT molecular complexity index is 1040. The van der Waals surface area contributed by atoms with Crippen LogP contribution in [0.3, 0.4) is 0 Å². The average molecular weight is 493 g/mol. The molecule has 6 nitrogen and oxygen atoms in total. The van der Waals surface area contributed by atoms with Crippen molar-refractivity contribution in [3.8, 4) is 11.3 Å². The Labute approximate surface area is 175 Å². The molecule has 0 spiro atoms. The number of rotatable bonds is 7. The number of halogens is 6. The standard InChI is InChI=1S/C17H17F6NO5S2/c1-30(2,29-31(26,27)17(21,22)23)9-8-24-15(25)14-7-6-13(28-14)11-4-3-5-12(10-11)16(18,19)20/h3-7,10H,8-9H2,1-2H3,(H,24,25). The minimum absolute atomic E-state index is 0.00167. The van der Waals surface area contributed by atoms with Crippen LogP contribution in [0, 0.1) is 0 Å². The van der Waals surface area contributed by atoms with Crippen molar-refractivity contribution in [2.75, 3.05) is 24.8 Å². The van der Waals surface area contributed by atoms with Gasteiger partial charge < -0.3 is 9.73 Å². The van der Waals surface area contributed by atoms with Gasteiger partial charge >= 0.3 is 21.8 Å². The van der Waals surface area contributed by atoms with Crippen LogP contribution in [0.5, 0.6) is 0 Å². The van der Waals surface area contributed by atoms with Gasteiger partial charge in [0, 0.05) is 17.9 Å². The van der Waals surface area contributed by atoms with Gasteiger partial charge in [-0.2, -0.15) is 34.8 Å². The molecule has 0 aliphatic heterocycles. The number of hydrogen-bond acceptors (Lipinski definition) is 5. The molecule has 0 unspecified atom stereocenters. The second-order valence-corrected chi connectivity index (χ2v) is 11.8. The zero-order valence-corrected chi connectivity index (χ0v) is 17.6. The van der Waals surface area contributed by atoms with Crippen LogP contribution in [-0.2, 0) is 19.9 Å². The highest BCUT2D eigenvalue weighted by molar-refractivity contribution is 8.32. The van der Waals surface area contributed by atoms with Gasteiger partial charge in [0.25, 0.3) is 5.91 Å². The number of hydrogen-bond donors (Lipinski definition) is 1. The summed E-state index contributed by atoms with van der Waals surface area (Å²) in [4.78, 5) is 12.1. The summed E-state index contributed by atoms with van der Waals surface area (Å²) in [6.07, 6.45) is -2.19. The van der Waals surface area contributed by atoms with E-state index in [1.807, 2.05) is 0 Å². The Morgan fingerprint density at radius 1 is 1.06 bits per heavy atom. The quantitative estimate of drug-likeness (QED) is 0.452. The molecule has 1 aromatic carbocycles. The lowest BCUT2D eigenvalue weighted by Gasteiger charge is -2.29. The van der Waals surface area contributed by atoms with E-state index < -0.39 is 43.6 Å². The van der Waals surface area contributed by atoms with E-state index in [9.17, 15) is 39.6 Å². The van der Waals surface area contributed by atoms with Crippen LogP contribution in [0.25, 0.3) is 11.3 Å². The van der Waals surface area contributed by atoms with Crippen molar-refractivity contribution in [3.05, 3.63) is 47.7 Å². The molecule has 1 aromatic heterocycles. The van der Waals surface area contributed by atoms with E-state index in [0.29, 0.717) is 0 Å². The topological polar surface area (TPSA) is 85.6 Å². The van der Waals surface area contributed by atoms with Crippen molar-refractivity contribution in [1.82, 2.24) is 5.32 Å². The van der Waals surface area contributed by atoms with Crippen LogP contribution in [0.1, 0.15) is 16.1 Å². The van der Waals surface area contributed by atoms with Crippen LogP contribution in [0.15, 0.2) is 40.8 Å². The normalized spacial score (nSPS) is 13.8. The number of alkyl halides is 6. The van der Waals surface area contributed by atoms with Crippen LogP contribution in [0.2, 0.25) is 0 Å². The number of nitrogens with one attached hydrogen (secondary N) is 1. The molecule has 1 amide bonds. The predicted molar refractivity (Wildman–Crippen MR) is 102 cm³/mol. The van der Waals surface area contributed by atoms with Gasteiger partial charge in [0.05, 0.1) is 5.56 Å². The first-order valence-electron chi connectivity index (χ1n) is 8.31. The van der Waals surface area contributed by atoms with Gasteiger partial charge in [0.2, 0.25) is 0 Å². The van der Waals surface area contributed by atoms with Gasteiger partial charge in [-0.15, -0.1) is 10.3 Å². The molecule has 174 valence electrons. The molecular weight excluding hydrogens is 476 g/mol. The Balaban J connectivity index is 2.00. The van der Waals surface area contributed by atoms with Gasteiger partial charge in [0.15, 0.2) is 5.76 Å². The third kappa shape index (κ3) is 6.64. The number of furan rings is 1.